The third kappa shape index (κ3) is 5.26. The van der Waals surface area contributed by atoms with Crippen LogP contribution in [0, 0.1) is 27.9 Å². The number of nitrogens with zero attached hydrogens (tertiary/aromatic N) is 3. The SMILES string of the molecule is C[C@@H]1C=CC[C@@H]2C(=O)N(N(CC(=O)c3ccc(OC(=O)c4ccco4)cc3)C(=O)c3ccc([N+](=O)[O-])cc3)C(=O)[C@H]12. The van der Waals surface area contributed by atoms with Gasteiger partial charge in [0.25, 0.3) is 23.4 Å². The van der Waals surface area contributed by atoms with E-state index in [2.05, 4.69) is 0 Å². The fourth-order valence-electron chi connectivity index (χ4n) is 4.97. The molecule has 1 fully saturated rings. The maximum Gasteiger partial charge on any atom is 0.379 e. The molecule has 41 heavy (non-hydrogen) atoms. The quantitative estimate of drug-likeness (QED) is 0.0763. The number of benzene rings is 2. The monoisotopic (exact) mass is 557 g/mol. The maximum absolute atomic E-state index is 13.6. The van der Waals surface area contributed by atoms with E-state index in [1.54, 1.807) is 6.92 Å². The molecule has 12 nitrogen and oxygen atoms in total. The number of rotatable bonds is 8. The van der Waals surface area contributed by atoms with E-state index in [1.807, 2.05) is 12.2 Å². The van der Waals surface area contributed by atoms with Crippen LogP contribution in [0.2, 0.25) is 0 Å². The van der Waals surface area contributed by atoms with Gasteiger partial charge in [0.05, 0.1) is 23.0 Å². The molecule has 2 heterocycles. The van der Waals surface area contributed by atoms with Crippen LogP contribution in [0.1, 0.15) is 44.6 Å². The number of hydrogen-bond acceptors (Lipinski definition) is 9. The highest BCUT2D eigenvalue weighted by Gasteiger charge is 2.53. The number of ether oxygens (including phenoxy) is 1. The Bertz CT molecular complexity index is 1560. The van der Waals surface area contributed by atoms with Crippen LogP contribution in [-0.2, 0) is 9.59 Å². The van der Waals surface area contributed by atoms with Crippen LogP contribution >= 0.6 is 0 Å². The Labute approximate surface area is 232 Å². The first-order valence-electron chi connectivity index (χ1n) is 12.7. The lowest BCUT2D eigenvalue weighted by Gasteiger charge is -2.30. The maximum atomic E-state index is 13.6. The number of Topliss-reactive ketones (excluding diaryl/α,β-unsaturated/α-hetero) is 1. The normalized spacial score (nSPS) is 19.5. The van der Waals surface area contributed by atoms with Crippen LogP contribution in [-0.4, -0.2) is 51.0 Å². The molecule has 0 unspecified atom stereocenters. The van der Waals surface area contributed by atoms with Gasteiger partial charge in [-0.1, -0.05) is 19.1 Å². The van der Waals surface area contributed by atoms with Gasteiger partial charge in [-0.05, 0) is 60.9 Å². The Kier molecular flexibility index (Phi) is 7.30. The van der Waals surface area contributed by atoms with Gasteiger partial charge in [0, 0.05) is 23.3 Å². The molecule has 0 spiro atoms. The van der Waals surface area contributed by atoms with Gasteiger partial charge in [-0.15, -0.1) is 0 Å². The Balaban J connectivity index is 1.41. The van der Waals surface area contributed by atoms with Crippen molar-refractivity contribution in [3.8, 4) is 5.75 Å². The predicted molar refractivity (Wildman–Crippen MR) is 140 cm³/mol. The minimum Gasteiger partial charge on any atom is -0.457 e. The summed E-state index contributed by atoms with van der Waals surface area (Å²) in [5.74, 6) is -4.86. The Morgan fingerprint density at radius 1 is 1.02 bits per heavy atom. The third-order valence-corrected chi connectivity index (χ3v) is 7.05. The van der Waals surface area contributed by atoms with Crippen molar-refractivity contribution in [3.05, 3.63) is 106 Å². The minimum atomic E-state index is -0.849. The molecular formula is C29H23N3O9. The molecule has 208 valence electrons. The molecule has 12 heteroatoms. The van der Waals surface area contributed by atoms with Gasteiger partial charge in [0.1, 0.15) is 12.3 Å². The lowest BCUT2D eigenvalue weighted by Crippen LogP contribution is -2.52. The van der Waals surface area contributed by atoms with Crippen LogP contribution in [0.3, 0.4) is 0 Å². The Morgan fingerprint density at radius 2 is 1.71 bits per heavy atom. The van der Waals surface area contributed by atoms with Gasteiger partial charge in [-0.25, -0.2) is 9.80 Å². The van der Waals surface area contributed by atoms with E-state index in [-0.39, 0.29) is 34.2 Å². The van der Waals surface area contributed by atoms with Crippen molar-refractivity contribution >= 4 is 35.2 Å². The van der Waals surface area contributed by atoms with E-state index in [1.165, 1.54) is 54.8 Å². The number of non-ortho nitro benzene ring substituents is 1. The molecule has 3 atom stereocenters. The van der Waals surface area contributed by atoms with Gasteiger partial charge in [0.15, 0.2) is 5.78 Å². The number of carbonyl (C=O) groups excluding carboxylic acids is 5. The van der Waals surface area contributed by atoms with Crippen LogP contribution in [0.4, 0.5) is 5.69 Å². The zero-order valence-corrected chi connectivity index (χ0v) is 21.7. The summed E-state index contributed by atoms with van der Waals surface area (Å²) in [4.78, 5) is 76.4. The van der Waals surface area contributed by atoms with Crippen LogP contribution in [0.5, 0.6) is 5.75 Å². The molecule has 2 aromatic carbocycles. The topological polar surface area (TPSA) is 157 Å². The summed E-state index contributed by atoms with van der Waals surface area (Å²) in [6, 6.07) is 13.1. The van der Waals surface area contributed by atoms with E-state index < -0.39 is 52.8 Å². The summed E-state index contributed by atoms with van der Waals surface area (Å²) >= 11 is 0. The average Bonchev–Trinajstić information content (AvgIpc) is 3.60. The standard InChI is InChI=1S/C29H23N3O9/c1-17-4-2-5-22-25(17)28(36)31(27(22)35)30(26(34)19-7-11-20(12-8-19)32(38)39)16-23(33)18-9-13-21(14-10-18)41-29(37)24-6-3-15-40-24/h2-4,6-15,17,22,25H,5,16H2,1H3/t17-,22+,25-/m1/s1. The third-order valence-electron chi connectivity index (χ3n) is 7.05. The van der Waals surface area contributed by atoms with Crippen molar-refractivity contribution in [1.82, 2.24) is 10.0 Å². The molecule has 1 aliphatic carbocycles. The number of esters is 1. The lowest BCUT2D eigenvalue weighted by molar-refractivity contribution is -0.384. The molecule has 3 amide bonds. The predicted octanol–water partition coefficient (Wildman–Crippen LogP) is 3.84. The number of nitro benzene ring substituents is 1. The zero-order valence-electron chi connectivity index (χ0n) is 21.7. The molecule has 3 aromatic rings. The van der Waals surface area contributed by atoms with Crippen LogP contribution < -0.4 is 4.74 Å². The highest BCUT2D eigenvalue weighted by atomic mass is 16.6. The number of furan rings is 1. The second-order valence-electron chi connectivity index (χ2n) is 9.62. The number of amides is 3. The molecule has 1 aromatic heterocycles. The van der Waals surface area contributed by atoms with Gasteiger partial charge < -0.3 is 9.15 Å². The Hall–Kier alpha value is -5.39. The lowest BCUT2D eigenvalue weighted by atomic mass is 9.78. The van der Waals surface area contributed by atoms with E-state index in [4.69, 9.17) is 9.15 Å². The summed E-state index contributed by atoms with van der Waals surface area (Å²) in [6.45, 7) is 1.13. The van der Waals surface area contributed by atoms with Crippen molar-refractivity contribution in [2.45, 2.75) is 13.3 Å². The van der Waals surface area contributed by atoms with Gasteiger partial charge >= 0.3 is 5.97 Å². The number of ketones is 1. The summed E-state index contributed by atoms with van der Waals surface area (Å²) in [7, 11) is 0. The molecule has 0 bridgehead atoms. The molecule has 1 saturated heterocycles. The van der Waals surface area contributed by atoms with Crippen molar-refractivity contribution in [2.75, 3.05) is 6.54 Å². The number of hydrogen-bond donors (Lipinski definition) is 0. The highest BCUT2D eigenvalue weighted by Crippen LogP contribution is 2.39. The summed E-state index contributed by atoms with van der Waals surface area (Å²) in [5.41, 5.74) is -0.183. The van der Waals surface area contributed by atoms with Crippen molar-refractivity contribution in [3.63, 3.8) is 0 Å². The number of hydrazine groups is 1. The van der Waals surface area contributed by atoms with Crippen LogP contribution in [0.15, 0.2) is 83.5 Å². The molecular weight excluding hydrogens is 534 g/mol. The number of carbonyl (C=O) groups is 5. The van der Waals surface area contributed by atoms with Gasteiger partial charge in [0.2, 0.25) is 5.76 Å². The fraction of sp³-hybridized carbons (Fsp3) is 0.207. The number of nitro groups is 1. The molecule has 0 N–H and O–H groups in total. The minimum absolute atomic E-state index is 0.00409. The van der Waals surface area contributed by atoms with Crippen LogP contribution in [0.25, 0.3) is 0 Å². The largest absolute Gasteiger partial charge is 0.457 e. The zero-order chi connectivity index (χ0) is 29.3. The smallest absolute Gasteiger partial charge is 0.379 e. The average molecular weight is 558 g/mol. The summed E-state index contributed by atoms with van der Waals surface area (Å²) in [5, 5.41) is 12.6. The van der Waals surface area contributed by atoms with E-state index >= 15 is 0 Å². The first kappa shape index (κ1) is 27.2. The number of imide groups is 1. The van der Waals surface area contributed by atoms with E-state index in [0.717, 1.165) is 22.2 Å². The highest BCUT2D eigenvalue weighted by molar-refractivity contribution is 6.10. The summed E-state index contributed by atoms with van der Waals surface area (Å²) < 4.78 is 10.2. The fourth-order valence-corrected chi connectivity index (χ4v) is 4.97. The second kappa shape index (κ2) is 11.0. The van der Waals surface area contributed by atoms with E-state index in [0.29, 0.717) is 6.42 Å². The molecule has 2 aliphatic rings. The molecule has 1 aliphatic heterocycles. The van der Waals surface area contributed by atoms with Crippen molar-refractivity contribution < 1.29 is 38.1 Å². The molecule has 0 radical (unpaired) electrons. The molecule has 0 saturated carbocycles. The molecule has 5 rings (SSSR count). The number of fused-ring (bicyclic) bond motifs is 1. The van der Waals surface area contributed by atoms with E-state index in [9.17, 15) is 34.1 Å². The first-order chi connectivity index (χ1) is 19.7. The van der Waals surface area contributed by atoms with Gasteiger partial charge in [-0.2, -0.15) is 5.01 Å². The number of allylic oxidation sites excluding steroid dienone is 2. The first-order valence-corrected chi connectivity index (χ1v) is 12.7. The van der Waals surface area contributed by atoms with Crippen molar-refractivity contribution in [2.24, 2.45) is 17.8 Å². The Morgan fingerprint density at radius 3 is 2.32 bits per heavy atom. The van der Waals surface area contributed by atoms with Gasteiger partial charge in [-0.3, -0.25) is 29.3 Å². The van der Waals surface area contributed by atoms with Crippen molar-refractivity contribution in [1.29, 1.82) is 0 Å². The second-order valence-corrected chi connectivity index (χ2v) is 9.62. The summed E-state index contributed by atoms with van der Waals surface area (Å²) in [6.07, 6.45) is 5.30.